The molecule has 12 heteroatoms. The highest BCUT2D eigenvalue weighted by atomic mass is 32.1. The van der Waals surface area contributed by atoms with Gasteiger partial charge < -0.3 is 9.13 Å². The van der Waals surface area contributed by atoms with Crippen LogP contribution in [-0.2, 0) is 0 Å². The summed E-state index contributed by atoms with van der Waals surface area (Å²) < 4.78 is 15.1. The van der Waals surface area contributed by atoms with Crippen LogP contribution in [0.2, 0.25) is 0 Å². The first kappa shape index (κ1) is 83.1. The van der Waals surface area contributed by atoms with Gasteiger partial charge in [0.2, 0.25) is 0 Å². The first-order valence-corrected chi connectivity index (χ1v) is 49.6. The molecule has 9 nitrogen and oxygen atoms in total. The molecule has 0 amide bonds. The van der Waals surface area contributed by atoms with E-state index in [0.29, 0.717) is 11.6 Å². The van der Waals surface area contributed by atoms with Crippen LogP contribution in [0.5, 0.6) is 0 Å². The zero-order valence-corrected chi connectivity index (χ0v) is 78.7. The highest BCUT2D eigenvalue weighted by molar-refractivity contribution is 7.27. The molecule has 0 aliphatic carbocycles. The maximum atomic E-state index is 5.25. The van der Waals surface area contributed by atoms with E-state index < -0.39 is 0 Å². The minimum Gasteiger partial charge on any atom is -0.309 e. The molecule has 0 aliphatic heterocycles. The summed E-state index contributed by atoms with van der Waals surface area (Å²) in [5.74, 6) is 2.99. The normalized spacial score (nSPS) is 11.6. The maximum Gasteiger partial charge on any atom is 0.162 e. The second kappa shape index (κ2) is 35.0. The molecule has 19 aromatic carbocycles. The molecule has 0 saturated carbocycles. The van der Waals surface area contributed by atoms with E-state index in [0.717, 1.165) is 118 Å². The third-order valence-corrected chi connectivity index (χ3v) is 30.7. The molecule has 0 fully saturated rings. The average molecular weight is 1840 g/mol. The summed E-state index contributed by atoms with van der Waals surface area (Å²) >= 11 is 5.64. The van der Waals surface area contributed by atoms with Crippen molar-refractivity contribution in [3.8, 4) is 130 Å². The highest BCUT2D eigenvalue weighted by Gasteiger charge is 2.25. The molecular formula is C128H83N9S3. The molecule has 0 unspecified atom stereocenters. The van der Waals surface area contributed by atoms with Crippen LogP contribution in [0, 0.1) is 13.8 Å². The zero-order valence-electron chi connectivity index (χ0n) is 76.2. The summed E-state index contributed by atoms with van der Waals surface area (Å²) in [6.45, 7) is 4.22. The molecule has 658 valence electrons. The van der Waals surface area contributed by atoms with E-state index in [-0.39, 0.29) is 0 Å². The Morgan fingerprint density at radius 3 is 0.836 bits per heavy atom. The SMILES string of the molecule is Cc1ccc(-c2cc(-c3ccc(C)cc3)nc(-c3ccc(-n4c5ccccc5c5c6sc7ccccc7c6ccc54)cc3)n2)cc1.c1ccc(-c2cc(-c3ccccc3)nc(-c3ccc(-c4ccc(-n5c6ccccc6c6c7sc8ccccc8c7ccc65)cc4)cc3)n2)cc1.c1ccc(-c2ccc3c4c5sc6ccccc6c5ccc4n(-c4cc(-c5ccccc5)nc(-c5ccccc5)n4)c3c2)cc1. The van der Waals surface area contributed by atoms with Crippen LogP contribution in [-0.4, -0.2) is 43.6 Å². The molecule has 140 heavy (non-hydrogen) atoms. The average Bonchev–Trinajstić information content (AvgIpc) is 1.50. The fourth-order valence-corrected chi connectivity index (χ4v) is 24.0. The summed E-state index contributed by atoms with van der Waals surface area (Å²) in [5, 5.41) is 15.6. The van der Waals surface area contributed by atoms with Gasteiger partial charge in [0.05, 0.1) is 61.6 Å². The van der Waals surface area contributed by atoms with Crippen molar-refractivity contribution in [2.75, 3.05) is 0 Å². The molecule has 0 aliphatic rings. The Kier molecular flexibility index (Phi) is 20.8. The highest BCUT2D eigenvalue weighted by Crippen LogP contribution is 2.49. The first-order chi connectivity index (χ1) is 69.2. The van der Waals surface area contributed by atoms with Crippen molar-refractivity contribution in [1.82, 2.24) is 43.6 Å². The Balaban J connectivity index is 0.000000108. The number of rotatable bonds is 13. The maximum absolute atomic E-state index is 5.25. The molecule has 0 bridgehead atoms. The lowest BCUT2D eigenvalue weighted by atomic mass is 10.0. The predicted molar refractivity (Wildman–Crippen MR) is 592 cm³/mol. The molecule has 9 aromatic heterocycles. The van der Waals surface area contributed by atoms with E-state index in [1.54, 1.807) is 0 Å². The van der Waals surface area contributed by atoms with Crippen LogP contribution >= 0.6 is 34.0 Å². The smallest absolute Gasteiger partial charge is 0.162 e. The Bertz CT molecular complexity index is 9470. The molecule has 0 saturated heterocycles. The van der Waals surface area contributed by atoms with E-state index in [1.165, 1.54) is 137 Å². The number of aryl methyl sites for hydroxylation is 2. The van der Waals surface area contributed by atoms with Crippen molar-refractivity contribution >= 4 is 160 Å². The fourth-order valence-electron chi connectivity index (χ4n) is 20.2. The Morgan fingerprint density at radius 1 is 0.171 bits per heavy atom. The van der Waals surface area contributed by atoms with E-state index in [2.05, 4.69) is 434 Å². The van der Waals surface area contributed by atoms with E-state index in [4.69, 9.17) is 29.9 Å². The lowest BCUT2D eigenvalue weighted by molar-refractivity contribution is 1.05. The van der Waals surface area contributed by atoms with Crippen LogP contribution in [0.4, 0.5) is 0 Å². The largest absolute Gasteiger partial charge is 0.309 e. The van der Waals surface area contributed by atoms with Gasteiger partial charge in [-0.05, 0) is 139 Å². The number of hydrogen-bond donors (Lipinski definition) is 0. The Hall–Kier alpha value is -17.5. The van der Waals surface area contributed by atoms with Gasteiger partial charge in [0.1, 0.15) is 5.82 Å². The van der Waals surface area contributed by atoms with Crippen LogP contribution in [0.3, 0.4) is 0 Å². The molecule has 28 rings (SSSR count). The summed E-state index contributed by atoms with van der Waals surface area (Å²) in [7, 11) is 0. The van der Waals surface area contributed by atoms with Gasteiger partial charge in [-0.15, -0.1) is 34.0 Å². The molecule has 0 atom stereocenters. The first-order valence-electron chi connectivity index (χ1n) is 47.2. The number of nitrogens with zero attached hydrogens (tertiary/aromatic N) is 9. The second-order valence-electron chi connectivity index (χ2n) is 35.7. The van der Waals surface area contributed by atoms with Gasteiger partial charge in [-0.25, -0.2) is 29.9 Å². The van der Waals surface area contributed by atoms with Crippen LogP contribution < -0.4 is 0 Å². The Morgan fingerprint density at radius 2 is 0.436 bits per heavy atom. The summed E-state index contributed by atoms with van der Waals surface area (Å²) in [4.78, 5) is 30.5. The monoisotopic (exact) mass is 1840 g/mol. The van der Waals surface area contributed by atoms with Crippen molar-refractivity contribution in [2.45, 2.75) is 13.8 Å². The quantitative estimate of drug-likeness (QED) is 0.114. The number of hydrogen-bond acceptors (Lipinski definition) is 9. The van der Waals surface area contributed by atoms with Crippen molar-refractivity contribution in [3.63, 3.8) is 0 Å². The molecular weight excluding hydrogens is 1760 g/mol. The van der Waals surface area contributed by atoms with E-state index >= 15 is 0 Å². The number of benzene rings is 19. The van der Waals surface area contributed by atoms with Gasteiger partial charge in [-0.2, -0.15) is 0 Å². The van der Waals surface area contributed by atoms with Gasteiger partial charge in [-0.1, -0.05) is 369 Å². The van der Waals surface area contributed by atoms with E-state index in [1.807, 2.05) is 94.7 Å². The summed E-state index contributed by atoms with van der Waals surface area (Å²) in [5.41, 5.74) is 29.4. The van der Waals surface area contributed by atoms with Crippen LogP contribution in [0.1, 0.15) is 11.1 Å². The molecule has 28 aromatic rings. The molecule has 0 radical (unpaired) electrons. The summed E-state index contributed by atoms with van der Waals surface area (Å²) in [6, 6.07) is 166. The number of aromatic nitrogens is 9. The standard InChI is InChI=1S/C46H29N3S.C42H29N3S.C40H25N3S/c1-3-11-32(12-4-1)39-29-40(33-13-5-2-6-14-33)48-46(47-39)34-21-19-30(20-22-34)31-23-25-35(26-24-31)49-41-17-9-7-16-38(41)44-42(49)28-27-37-36-15-8-10-18-43(36)50-45(37)44;1-26-11-15-28(16-12-26)35-25-36(29-17-13-27(2)14-18-29)44-42(43-35)30-19-21-31(22-20-30)45-37-9-5-3-8-34(37)40-38(45)24-23-33-32-7-4-6-10-39(32)46-41(33)40;1-4-12-26(13-5-1)29-20-21-32-35(24-29)43(34-23-22-31-30-18-10-11-19-36(30)44-39(31)38(32)34)37-25-33(27-14-6-2-7-15-27)41-40(42-37)28-16-8-3-9-17-28/h1-29H;3-25H,1-2H3;1-25H. The van der Waals surface area contributed by atoms with Crippen molar-refractivity contribution in [3.05, 3.63) is 478 Å². The predicted octanol–water partition coefficient (Wildman–Crippen LogP) is 35.1. The van der Waals surface area contributed by atoms with Gasteiger partial charge >= 0.3 is 0 Å². The molecule has 0 N–H and O–H groups in total. The molecule has 0 spiro atoms. The Labute approximate surface area is 819 Å². The minimum absolute atomic E-state index is 0.708. The number of fused-ring (bicyclic) bond motifs is 21. The second-order valence-corrected chi connectivity index (χ2v) is 38.8. The third-order valence-electron chi connectivity index (χ3n) is 27.1. The third kappa shape index (κ3) is 14.9. The van der Waals surface area contributed by atoms with Gasteiger partial charge in [0.15, 0.2) is 17.5 Å². The van der Waals surface area contributed by atoms with Crippen LogP contribution in [0.25, 0.3) is 256 Å². The van der Waals surface area contributed by atoms with Crippen LogP contribution in [0.15, 0.2) is 467 Å². The van der Waals surface area contributed by atoms with Gasteiger partial charge in [0, 0.05) is 155 Å². The van der Waals surface area contributed by atoms with Gasteiger partial charge in [0.25, 0.3) is 0 Å². The lowest BCUT2D eigenvalue weighted by Crippen LogP contribution is -2.02. The molecule has 9 heterocycles. The summed E-state index contributed by atoms with van der Waals surface area (Å²) in [6.07, 6.45) is 0. The number of thiophene rings is 3. The minimum atomic E-state index is 0.708. The van der Waals surface area contributed by atoms with Crippen molar-refractivity contribution in [2.24, 2.45) is 0 Å². The van der Waals surface area contributed by atoms with E-state index in [9.17, 15) is 0 Å². The van der Waals surface area contributed by atoms with Gasteiger partial charge in [-0.3, -0.25) is 4.57 Å². The lowest BCUT2D eigenvalue weighted by Gasteiger charge is -2.12. The van der Waals surface area contributed by atoms with Crippen molar-refractivity contribution in [1.29, 1.82) is 0 Å². The topological polar surface area (TPSA) is 92.1 Å². The number of para-hydroxylation sites is 2. The van der Waals surface area contributed by atoms with Crippen molar-refractivity contribution < 1.29 is 0 Å². The fraction of sp³-hybridized carbons (Fsp3) is 0.0156. The zero-order chi connectivity index (χ0) is 92.8.